The Bertz CT molecular complexity index is 429. The number of halogens is 1. The normalized spacial score (nSPS) is 17.4. The second kappa shape index (κ2) is 4.84. The first-order valence-corrected chi connectivity index (χ1v) is 5.85. The van der Waals surface area contributed by atoms with E-state index in [-0.39, 0.29) is 17.6 Å². The molecule has 4 heteroatoms. The van der Waals surface area contributed by atoms with Crippen molar-refractivity contribution in [2.75, 3.05) is 18.4 Å². The first-order chi connectivity index (χ1) is 8.08. The maximum atomic E-state index is 13.1. The third-order valence-corrected chi connectivity index (χ3v) is 3.36. The molecule has 2 N–H and O–H groups in total. The Kier molecular flexibility index (Phi) is 3.43. The lowest BCUT2D eigenvalue weighted by atomic mass is 9.88. The Morgan fingerprint density at radius 3 is 2.76 bits per heavy atom. The summed E-state index contributed by atoms with van der Waals surface area (Å²) in [7, 11) is 0. The van der Waals surface area contributed by atoms with Crippen molar-refractivity contribution in [1.82, 2.24) is 5.32 Å². The van der Waals surface area contributed by atoms with E-state index in [1.165, 1.54) is 6.07 Å². The number of amides is 1. The van der Waals surface area contributed by atoms with Gasteiger partial charge in [0.2, 0.25) is 5.91 Å². The van der Waals surface area contributed by atoms with Gasteiger partial charge < -0.3 is 10.6 Å². The van der Waals surface area contributed by atoms with Crippen molar-refractivity contribution in [3.8, 4) is 0 Å². The number of aryl methyl sites for hydroxylation is 1. The average Bonchev–Trinajstić information content (AvgIpc) is 2.21. The Morgan fingerprint density at radius 1 is 1.53 bits per heavy atom. The minimum absolute atomic E-state index is 0.00232. The highest BCUT2D eigenvalue weighted by atomic mass is 19.1. The first kappa shape index (κ1) is 12.0. The molecule has 1 aromatic rings. The van der Waals surface area contributed by atoms with Crippen molar-refractivity contribution in [2.24, 2.45) is 11.8 Å². The third-order valence-electron chi connectivity index (χ3n) is 3.36. The van der Waals surface area contributed by atoms with Gasteiger partial charge in [-0.05, 0) is 49.7 Å². The van der Waals surface area contributed by atoms with E-state index in [0.717, 1.165) is 13.1 Å². The Hall–Kier alpha value is -1.42. The number of hydrogen-bond acceptors (Lipinski definition) is 2. The molecule has 1 aliphatic heterocycles. The van der Waals surface area contributed by atoms with E-state index in [1.807, 2.05) is 6.92 Å². The number of benzene rings is 1. The van der Waals surface area contributed by atoms with Gasteiger partial charge in [0.05, 0.1) is 0 Å². The number of carbonyl (C=O) groups is 1. The van der Waals surface area contributed by atoms with Crippen LogP contribution in [0.4, 0.5) is 10.1 Å². The molecule has 1 atom stereocenters. The van der Waals surface area contributed by atoms with Crippen LogP contribution in [-0.4, -0.2) is 19.0 Å². The van der Waals surface area contributed by atoms with Crippen molar-refractivity contribution in [1.29, 1.82) is 0 Å². The molecule has 2 rings (SSSR count). The van der Waals surface area contributed by atoms with Crippen LogP contribution in [-0.2, 0) is 4.79 Å². The fourth-order valence-electron chi connectivity index (χ4n) is 1.86. The number of anilines is 1. The van der Waals surface area contributed by atoms with E-state index in [0.29, 0.717) is 17.2 Å². The van der Waals surface area contributed by atoms with Crippen molar-refractivity contribution in [3.63, 3.8) is 0 Å². The third kappa shape index (κ3) is 2.64. The SMILES string of the molecule is Cc1cc(NC(=O)C(C)C2CNC2)ccc1F. The van der Waals surface area contributed by atoms with Gasteiger partial charge in [0, 0.05) is 11.6 Å². The summed E-state index contributed by atoms with van der Waals surface area (Å²) in [5.41, 5.74) is 1.20. The topological polar surface area (TPSA) is 41.1 Å². The summed E-state index contributed by atoms with van der Waals surface area (Å²) in [6.45, 7) is 5.41. The molecule has 1 heterocycles. The van der Waals surface area contributed by atoms with E-state index in [2.05, 4.69) is 10.6 Å². The zero-order chi connectivity index (χ0) is 12.4. The molecule has 1 aromatic carbocycles. The lowest BCUT2D eigenvalue weighted by molar-refractivity contribution is -0.121. The summed E-state index contributed by atoms with van der Waals surface area (Å²) in [6, 6.07) is 4.62. The van der Waals surface area contributed by atoms with Gasteiger partial charge in [0.25, 0.3) is 0 Å². The second-order valence-corrected chi connectivity index (χ2v) is 4.66. The van der Waals surface area contributed by atoms with E-state index in [9.17, 15) is 9.18 Å². The fourth-order valence-corrected chi connectivity index (χ4v) is 1.86. The van der Waals surface area contributed by atoms with Crippen LogP contribution in [0.25, 0.3) is 0 Å². The average molecular weight is 236 g/mol. The van der Waals surface area contributed by atoms with Crippen molar-refractivity contribution in [2.45, 2.75) is 13.8 Å². The summed E-state index contributed by atoms with van der Waals surface area (Å²) >= 11 is 0. The highest BCUT2D eigenvalue weighted by molar-refractivity contribution is 5.92. The van der Waals surface area contributed by atoms with Gasteiger partial charge in [-0.2, -0.15) is 0 Å². The molecule has 92 valence electrons. The summed E-state index contributed by atoms with van der Waals surface area (Å²) in [4.78, 5) is 11.9. The lowest BCUT2D eigenvalue weighted by Crippen LogP contribution is -2.48. The molecule has 0 aliphatic carbocycles. The molecule has 0 spiro atoms. The highest BCUT2D eigenvalue weighted by Gasteiger charge is 2.28. The smallest absolute Gasteiger partial charge is 0.227 e. The van der Waals surface area contributed by atoms with Crippen LogP contribution in [0.3, 0.4) is 0 Å². The van der Waals surface area contributed by atoms with E-state index in [4.69, 9.17) is 0 Å². The zero-order valence-corrected chi connectivity index (χ0v) is 10.1. The molecule has 0 aromatic heterocycles. The Balaban J connectivity index is 1.99. The van der Waals surface area contributed by atoms with Gasteiger partial charge in [0.1, 0.15) is 5.82 Å². The molecule has 0 radical (unpaired) electrons. The van der Waals surface area contributed by atoms with Gasteiger partial charge in [-0.1, -0.05) is 6.92 Å². The summed E-state index contributed by atoms with van der Waals surface area (Å²) in [6.07, 6.45) is 0. The number of carbonyl (C=O) groups excluding carboxylic acids is 1. The number of hydrogen-bond donors (Lipinski definition) is 2. The maximum absolute atomic E-state index is 13.1. The molecule has 17 heavy (non-hydrogen) atoms. The van der Waals surface area contributed by atoms with Gasteiger partial charge in [-0.3, -0.25) is 4.79 Å². The lowest BCUT2D eigenvalue weighted by Gasteiger charge is -2.31. The number of rotatable bonds is 3. The number of nitrogens with one attached hydrogen (secondary N) is 2. The maximum Gasteiger partial charge on any atom is 0.227 e. The molecule has 1 amide bonds. The molecular weight excluding hydrogens is 219 g/mol. The summed E-state index contributed by atoms with van der Waals surface area (Å²) < 4.78 is 13.1. The molecule has 0 saturated carbocycles. The molecular formula is C13H17FN2O. The Labute approximate surface area is 100 Å². The standard InChI is InChI=1S/C13H17FN2O/c1-8-5-11(3-4-12(8)14)16-13(17)9(2)10-6-15-7-10/h3-5,9-10,15H,6-7H2,1-2H3,(H,16,17). The van der Waals surface area contributed by atoms with Crippen LogP contribution in [0, 0.1) is 24.6 Å². The van der Waals surface area contributed by atoms with Crippen LogP contribution in [0.1, 0.15) is 12.5 Å². The zero-order valence-electron chi connectivity index (χ0n) is 10.1. The van der Waals surface area contributed by atoms with Crippen LogP contribution in [0.2, 0.25) is 0 Å². The molecule has 3 nitrogen and oxygen atoms in total. The molecule has 1 unspecified atom stereocenters. The summed E-state index contributed by atoms with van der Waals surface area (Å²) in [5.74, 6) is 0.153. The molecule has 1 fully saturated rings. The molecule has 0 bridgehead atoms. The van der Waals surface area contributed by atoms with Gasteiger partial charge >= 0.3 is 0 Å². The fraction of sp³-hybridized carbons (Fsp3) is 0.462. The monoisotopic (exact) mass is 236 g/mol. The first-order valence-electron chi connectivity index (χ1n) is 5.85. The van der Waals surface area contributed by atoms with Crippen LogP contribution in [0.5, 0.6) is 0 Å². The van der Waals surface area contributed by atoms with E-state index in [1.54, 1.807) is 19.1 Å². The van der Waals surface area contributed by atoms with Crippen LogP contribution < -0.4 is 10.6 Å². The van der Waals surface area contributed by atoms with Crippen molar-refractivity contribution < 1.29 is 9.18 Å². The van der Waals surface area contributed by atoms with Crippen molar-refractivity contribution in [3.05, 3.63) is 29.6 Å². The minimum Gasteiger partial charge on any atom is -0.326 e. The predicted molar refractivity (Wildman–Crippen MR) is 65.3 cm³/mol. The largest absolute Gasteiger partial charge is 0.326 e. The van der Waals surface area contributed by atoms with Gasteiger partial charge in [-0.25, -0.2) is 4.39 Å². The van der Waals surface area contributed by atoms with Crippen molar-refractivity contribution >= 4 is 11.6 Å². The van der Waals surface area contributed by atoms with Crippen LogP contribution in [0.15, 0.2) is 18.2 Å². The highest BCUT2D eigenvalue weighted by Crippen LogP contribution is 2.19. The quantitative estimate of drug-likeness (QED) is 0.842. The van der Waals surface area contributed by atoms with Gasteiger partial charge in [0.15, 0.2) is 0 Å². The van der Waals surface area contributed by atoms with E-state index >= 15 is 0 Å². The van der Waals surface area contributed by atoms with Crippen LogP contribution >= 0.6 is 0 Å². The minimum atomic E-state index is -0.251. The summed E-state index contributed by atoms with van der Waals surface area (Å²) in [5, 5.41) is 5.97. The Morgan fingerprint density at radius 2 is 2.24 bits per heavy atom. The molecule has 1 saturated heterocycles. The second-order valence-electron chi connectivity index (χ2n) is 4.66. The molecule has 1 aliphatic rings. The van der Waals surface area contributed by atoms with E-state index < -0.39 is 0 Å². The predicted octanol–water partition coefficient (Wildman–Crippen LogP) is 1.93. The van der Waals surface area contributed by atoms with Gasteiger partial charge in [-0.15, -0.1) is 0 Å².